The standard InChI is InChI=1S/C27H40N6O2/c1-7-10-23(25-29-30-31-33(25)27(5,6)8-2)32(17-22-11-9-12-35-22)16-21-15-20-14-18(3)13-19(4)24(20)28-26(21)34/h13-15,22-23H,7-12,16-17H2,1-6H3,(H,28,34). The zero-order valence-corrected chi connectivity index (χ0v) is 22.1. The first-order valence-corrected chi connectivity index (χ1v) is 13.0. The predicted octanol–water partition coefficient (Wildman–Crippen LogP) is 4.80. The Kier molecular flexibility index (Phi) is 7.71. The van der Waals surface area contributed by atoms with Crippen LogP contribution in [0.4, 0.5) is 0 Å². The average Bonchev–Trinajstić information content (AvgIpc) is 3.51. The van der Waals surface area contributed by atoms with E-state index in [4.69, 9.17) is 4.74 Å². The molecular formula is C27H40N6O2. The van der Waals surface area contributed by atoms with Crippen LogP contribution >= 0.6 is 0 Å². The van der Waals surface area contributed by atoms with Gasteiger partial charge >= 0.3 is 0 Å². The molecule has 2 unspecified atom stereocenters. The van der Waals surface area contributed by atoms with Crippen LogP contribution in [0.15, 0.2) is 23.0 Å². The van der Waals surface area contributed by atoms with Gasteiger partial charge in [-0.1, -0.05) is 31.9 Å². The maximum absolute atomic E-state index is 13.2. The van der Waals surface area contributed by atoms with Crippen molar-refractivity contribution in [3.05, 3.63) is 51.1 Å². The monoisotopic (exact) mass is 480 g/mol. The number of hydrogen-bond acceptors (Lipinski definition) is 6. The molecule has 190 valence electrons. The van der Waals surface area contributed by atoms with E-state index in [1.165, 1.54) is 5.56 Å². The highest BCUT2D eigenvalue weighted by Crippen LogP contribution is 2.31. The summed E-state index contributed by atoms with van der Waals surface area (Å²) < 4.78 is 8.01. The van der Waals surface area contributed by atoms with Crippen molar-refractivity contribution in [1.29, 1.82) is 0 Å². The molecule has 1 aliphatic rings. The van der Waals surface area contributed by atoms with Crippen molar-refractivity contribution in [3.63, 3.8) is 0 Å². The minimum Gasteiger partial charge on any atom is -0.377 e. The number of aromatic nitrogens is 5. The number of nitrogens with zero attached hydrogens (tertiary/aromatic N) is 5. The molecule has 0 bridgehead atoms. The van der Waals surface area contributed by atoms with Gasteiger partial charge in [0.05, 0.1) is 23.2 Å². The van der Waals surface area contributed by atoms with Gasteiger partial charge in [-0.25, -0.2) is 4.68 Å². The maximum atomic E-state index is 13.2. The first kappa shape index (κ1) is 25.5. The highest BCUT2D eigenvalue weighted by molar-refractivity contribution is 5.82. The number of rotatable bonds is 10. The zero-order valence-electron chi connectivity index (χ0n) is 22.1. The number of hydrogen-bond donors (Lipinski definition) is 1. The van der Waals surface area contributed by atoms with E-state index in [9.17, 15) is 4.79 Å². The number of H-pyrrole nitrogens is 1. The predicted molar refractivity (Wildman–Crippen MR) is 139 cm³/mol. The van der Waals surface area contributed by atoms with Crippen molar-refractivity contribution in [2.75, 3.05) is 13.2 Å². The summed E-state index contributed by atoms with van der Waals surface area (Å²) in [5.74, 6) is 0.862. The molecule has 1 aromatic carbocycles. The van der Waals surface area contributed by atoms with Gasteiger partial charge in [-0.15, -0.1) is 5.10 Å². The Hall–Kier alpha value is -2.58. The number of benzene rings is 1. The second-order valence-electron chi connectivity index (χ2n) is 10.7. The van der Waals surface area contributed by atoms with Crippen molar-refractivity contribution in [2.24, 2.45) is 0 Å². The van der Waals surface area contributed by atoms with Crippen LogP contribution in [0.25, 0.3) is 10.9 Å². The topological polar surface area (TPSA) is 88.9 Å². The van der Waals surface area contributed by atoms with Gasteiger partial charge in [-0.3, -0.25) is 9.69 Å². The number of ether oxygens (including phenoxy) is 1. The van der Waals surface area contributed by atoms with E-state index in [0.717, 1.165) is 73.1 Å². The Morgan fingerprint density at radius 2 is 2.06 bits per heavy atom. The summed E-state index contributed by atoms with van der Waals surface area (Å²) in [6.07, 6.45) is 5.06. The SMILES string of the molecule is CCCC(c1nnnn1C(C)(C)CC)N(Cc1cc2cc(C)cc(C)c2[nH]c1=O)CC1CCCO1. The van der Waals surface area contributed by atoms with Crippen molar-refractivity contribution in [1.82, 2.24) is 30.1 Å². The van der Waals surface area contributed by atoms with Crippen LogP contribution in [0.2, 0.25) is 0 Å². The zero-order chi connectivity index (χ0) is 25.2. The Balaban J connectivity index is 1.76. The number of pyridine rings is 1. The first-order valence-electron chi connectivity index (χ1n) is 13.0. The van der Waals surface area contributed by atoms with Gasteiger partial charge < -0.3 is 9.72 Å². The maximum Gasteiger partial charge on any atom is 0.252 e. The van der Waals surface area contributed by atoms with Gasteiger partial charge in [0, 0.05) is 25.3 Å². The fourth-order valence-corrected chi connectivity index (χ4v) is 5.15. The largest absolute Gasteiger partial charge is 0.377 e. The lowest BCUT2D eigenvalue weighted by Gasteiger charge is -2.34. The molecule has 8 nitrogen and oxygen atoms in total. The number of tetrazole rings is 1. The second kappa shape index (κ2) is 10.6. The van der Waals surface area contributed by atoms with E-state index in [0.29, 0.717) is 6.54 Å². The van der Waals surface area contributed by atoms with E-state index >= 15 is 0 Å². The number of nitrogens with one attached hydrogen (secondary N) is 1. The van der Waals surface area contributed by atoms with Crippen LogP contribution in [0.5, 0.6) is 0 Å². The Labute approximate surface area is 208 Å². The van der Waals surface area contributed by atoms with Gasteiger partial charge in [-0.05, 0) is 86.9 Å². The summed E-state index contributed by atoms with van der Waals surface area (Å²) in [6, 6.07) is 6.28. The lowest BCUT2D eigenvalue weighted by Crippen LogP contribution is -2.39. The average molecular weight is 481 g/mol. The molecule has 35 heavy (non-hydrogen) atoms. The minimum absolute atomic E-state index is 0.0145. The van der Waals surface area contributed by atoms with Crippen molar-refractivity contribution < 1.29 is 4.74 Å². The molecule has 2 atom stereocenters. The first-order chi connectivity index (χ1) is 16.7. The Bertz CT molecular complexity index is 1210. The normalized spacial score (nSPS) is 17.5. The van der Waals surface area contributed by atoms with E-state index < -0.39 is 0 Å². The lowest BCUT2D eigenvalue weighted by molar-refractivity contribution is 0.0462. The number of aryl methyl sites for hydroxylation is 2. The molecule has 0 spiro atoms. The fourth-order valence-electron chi connectivity index (χ4n) is 5.15. The van der Waals surface area contributed by atoms with Gasteiger partial charge in [0.15, 0.2) is 5.82 Å². The molecule has 1 aliphatic heterocycles. The third-order valence-electron chi connectivity index (χ3n) is 7.44. The fraction of sp³-hybridized carbons (Fsp3) is 0.630. The molecule has 0 aliphatic carbocycles. The van der Waals surface area contributed by atoms with Crippen LogP contribution in [0.3, 0.4) is 0 Å². The molecule has 0 amide bonds. The number of aromatic amines is 1. The summed E-state index contributed by atoms with van der Waals surface area (Å²) in [6.45, 7) is 14.9. The summed E-state index contributed by atoms with van der Waals surface area (Å²) >= 11 is 0. The van der Waals surface area contributed by atoms with Crippen LogP contribution in [-0.2, 0) is 16.8 Å². The van der Waals surface area contributed by atoms with E-state index in [1.807, 2.05) is 11.6 Å². The highest BCUT2D eigenvalue weighted by Gasteiger charge is 2.33. The summed E-state index contributed by atoms with van der Waals surface area (Å²) in [4.78, 5) is 18.7. The van der Waals surface area contributed by atoms with Gasteiger partial charge in [0.2, 0.25) is 0 Å². The molecule has 3 aromatic rings. The highest BCUT2D eigenvalue weighted by atomic mass is 16.5. The van der Waals surface area contributed by atoms with Gasteiger partial charge in [0.25, 0.3) is 5.56 Å². The molecule has 8 heteroatoms. The van der Waals surface area contributed by atoms with Crippen molar-refractivity contribution in [3.8, 4) is 0 Å². The third kappa shape index (κ3) is 5.48. The Morgan fingerprint density at radius 3 is 2.74 bits per heavy atom. The van der Waals surface area contributed by atoms with Crippen molar-refractivity contribution >= 4 is 10.9 Å². The molecular weight excluding hydrogens is 440 g/mol. The van der Waals surface area contributed by atoms with E-state index in [2.05, 4.69) is 78.2 Å². The summed E-state index contributed by atoms with van der Waals surface area (Å²) in [5, 5.41) is 14.0. The molecule has 1 N–H and O–H groups in total. The molecule has 2 aromatic heterocycles. The smallest absolute Gasteiger partial charge is 0.252 e. The molecule has 0 saturated carbocycles. The second-order valence-corrected chi connectivity index (χ2v) is 10.7. The molecule has 4 rings (SSSR count). The summed E-state index contributed by atoms with van der Waals surface area (Å²) in [7, 11) is 0. The molecule has 3 heterocycles. The molecule has 0 radical (unpaired) electrons. The molecule has 1 fully saturated rings. The third-order valence-corrected chi connectivity index (χ3v) is 7.44. The van der Waals surface area contributed by atoms with E-state index in [-0.39, 0.29) is 23.2 Å². The van der Waals surface area contributed by atoms with E-state index in [1.54, 1.807) is 0 Å². The lowest BCUT2D eigenvalue weighted by atomic mass is 10.00. The Morgan fingerprint density at radius 1 is 1.26 bits per heavy atom. The summed E-state index contributed by atoms with van der Waals surface area (Å²) in [5.41, 5.74) is 3.71. The van der Waals surface area contributed by atoms with Crippen LogP contribution < -0.4 is 5.56 Å². The van der Waals surface area contributed by atoms with Crippen LogP contribution in [-0.4, -0.2) is 49.3 Å². The number of fused-ring (bicyclic) bond motifs is 1. The van der Waals surface area contributed by atoms with Gasteiger partial charge in [-0.2, -0.15) is 0 Å². The minimum atomic E-state index is -0.199. The van der Waals surface area contributed by atoms with Gasteiger partial charge in [0.1, 0.15) is 0 Å². The van der Waals surface area contributed by atoms with Crippen molar-refractivity contribution in [2.45, 2.75) is 97.9 Å². The quantitative estimate of drug-likeness (QED) is 0.448. The molecule has 1 saturated heterocycles. The van der Waals surface area contributed by atoms with Crippen LogP contribution in [0, 0.1) is 13.8 Å². The van der Waals surface area contributed by atoms with Crippen LogP contribution in [0.1, 0.15) is 88.4 Å².